The second-order valence-electron chi connectivity index (χ2n) is 9.43. The SMILES string of the molecule is FCCCC=CC1CCC(CCC2CCC(c3cc(F)c(CF)c(F)c3)CC2)CC1. The van der Waals surface area contributed by atoms with Gasteiger partial charge in [-0.25, -0.2) is 13.2 Å². The van der Waals surface area contributed by atoms with Crippen molar-refractivity contribution in [2.24, 2.45) is 17.8 Å². The predicted molar refractivity (Wildman–Crippen MR) is 115 cm³/mol. The van der Waals surface area contributed by atoms with Gasteiger partial charge in [0.1, 0.15) is 18.3 Å². The van der Waals surface area contributed by atoms with E-state index < -0.39 is 23.9 Å². The molecule has 0 atom stereocenters. The van der Waals surface area contributed by atoms with Gasteiger partial charge in [0, 0.05) is 0 Å². The maximum Gasteiger partial charge on any atom is 0.132 e. The van der Waals surface area contributed by atoms with Gasteiger partial charge < -0.3 is 0 Å². The van der Waals surface area contributed by atoms with Gasteiger partial charge in [-0.05, 0) is 106 Å². The molecule has 2 aliphatic carbocycles. The van der Waals surface area contributed by atoms with Crippen molar-refractivity contribution in [1.29, 1.82) is 0 Å². The summed E-state index contributed by atoms with van der Waals surface area (Å²) in [5.41, 5.74) is 0.246. The molecule has 2 saturated carbocycles. The number of allylic oxidation sites excluding steroid dienone is 2. The zero-order valence-corrected chi connectivity index (χ0v) is 18.0. The van der Waals surface area contributed by atoms with E-state index in [9.17, 15) is 17.6 Å². The van der Waals surface area contributed by atoms with Crippen molar-refractivity contribution in [2.45, 2.75) is 89.6 Å². The Morgan fingerprint density at radius 1 is 0.800 bits per heavy atom. The minimum absolute atomic E-state index is 0.193. The first-order valence-corrected chi connectivity index (χ1v) is 11.9. The summed E-state index contributed by atoms with van der Waals surface area (Å²) >= 11 is 0. The van der Waals surface area contributed by atoms with Gasteiger partial charge in [0.2, 0.25) is 0 Å². The molecule has 168 valence electrons. The number of benzene rings is 1. The standard InChI is InChI=1S/C26H36F4/c27-15-3-1-2-4-19-5-7-20(8-6-19)9-10-21-11-13-22(14-12-21)23-16-25(29)24(18-28)26(30)17-23/h2,4,16-17,19-22H,1,3,5-15,18H2. The largest absolute Gasteiger partial charge is 0.251 e. The van der Waals surface area contributed by atoms with Crippen LogP contribution in [-0.4, -0.2) is 6.67 Å². The van der Waals surface area contributed by atoms with Gasteiger partial charge in [0.25, 0.3) is 0 Å². The molecule has 0 unspecified atom stereocenters. The zero-order valence-electron chi connectivity index (χ0n) is 18.0. The molecule has 0 nitrogen and oxygen atoms in total. The second kappa shape index (κ2) is 11.9. The van der Waals surface area contributed by atoms with Crippen LogP contribution in [0, 0.1) is 29.4 Å². The van der Waals surface area contributed by atoms with E-state index in [0.29, 0.717) is 17.9 Å². The lowest BCUT2D eigenvalue weighted by molar-refractivity contribution is 0.246. The highest BCUT2D eigenvalue weighted by atomic mass is 19.1. The summed E-state index contributed by atoms with van der Waals surface area (Å²) in [6, 6.07) is 2.68. The molecule has 0 spiro atoms. The van der Waals surface area contributed by atoms with Crippen LogP contribution in [0.3, 0.4) is 0 Å². The minimum atomic E-state index is -1.10. The van der Waals surface area contributed by atoms with Gasteiger partial charge >= 0.3 is 0 Å². The second-order valence-corrected chi connectivity index (χ2v) is 9.43. The molecule has 4 heteroatoms. The van der Waals surface area contributed by atoms with Crippen LogP contribution in [0.4, 0.5) is 17.6 Å². The third-order valence-corrected chi connectivity index (χ3v) is 7.40. The molecule has 0 N–H and O–H groups in total. The predicted octanol–water partition coefficient (Wildman–Crippen LogP) is 8.60. The molecule has 3 rings (SSSR count). The summed E-state index contributed by atoms with van der Waals surface area (Å²) in [7, 11) is 0. The summed E-state index contributed by atoms with van der Waals surface area (Å²) < 4.78 is 52.7. The Balaban J connectivity index is 1.36. The first kappa shape index (κ1) is 23.3. The highest BCUT2D eigenvalue weighted by Gasteiger charge is 2.26. The van der Waals surface area contributed by atoms with Crippen LogP contribution in [0.25, 0.3) is 0 Å². The van der Waals surface area contributed by atoms with Crippen molar-refractivity contribution in [3.8, 4) is 0 Å². The van der Waals surface area contributed by atoms with Crippen LogP contribution in [0.15, 0.2) is 24.3 Å². The van der Waals surface area contributed by atoms with Crippen molar-refractivity contribution < 1.29 is 17.6 Å². The molecule has 1 aromatic carbocycles. The van der Waals surface area contributed by atoms with Crippen molar-refractivity contribution in [3.63, 3.8) is 0 Å². The van der Waals surface area contributed by atoms with Gasteiger partial charge in [-0.2, -0.15) is 0 Å². The summed E-state index contributed by atoms with van der Waals surface area (Å²) in [5.74, 6) is 0.929. The van der Waals surface area contributed by atoms with E-state index in [4.69, 9.17) is 0 Å². The average molecular weight is 425 g/mol. The van der Waals surface area contributed by atoms with Gasteiger partial charge in [0.15, 0.2) is 0 Å². The highest BCUT2D eigenvalue weighted by Crippen LogP contribution is 2.40. The van der Waals surface area contributed by atoms with Crippen LogP contribution in [-0.2, 0) is 6.67 Å². The topological polar surface area (TPSA) is 0 Å². The fourth-order valence-electron chi connectivity index (χ4n) is 5.39. The summed E-state index contributed by atoms with van der Waals surface area (Å²) in [6.07, 6.45) is 17.8. The number of hydrogen-bond donors (Lipinski definition) is 0. The van der Waals surface area contributed by atoms with Gasteiger partial charge in [-0.3, -0.25) is 4.39 Å². The monoisotopic (exact) mass is 424 g/mol. The van der Waals surface area contributed by atoms with Crippen LogP contribution in [0.2, 0.25) is 0 Å². The Morgan fingerprint density at radius 2 is 1.37 bits per heavy atom. The highest BCUT2D eigenvalue weighted by molar-refractivity contribution is 5.28. The van der Waals surface area contributed by atoms with Gasteiger partial charge in [0.05, 0.1) is 12.2 Å². The number of alkyl halides is 2. The molecule has 0 heterocycles. The maximum absolute atomic E-state index is 13.9. The third-order valence-electron chi connectivity index (χ3n) is 7.40. The van der Waals surface area contributed by atoms with Crippen LogP contribution in [0.1, 0.15) is 94.1 Å². The summed E-state index contributed by atoms with van der Waals surface area (Å²) in [5, 5.41) is 0. The lowest BCUT2D eigenvalue weighted by atomic mass is 9.74. The molecule has 0 bridgehead atoms. The smallest absolute Gasteiger partial charge is 0.132 e. The molecule has 2 fully saturated rings. The Hall–Kier alpha value is -1.32. The Bertz CT molecular complexity index is 645. The van der Waals surface area contributed by atoms with Gasteiger partial charge in [-0.1, -0.05) is 25.0 Å². The van der Waals surface area contributed by atoms with E-state index in [0.717, 1.165) is 43.9 Å². The molecule has 0 saturated heterocycles. The summed E-state index contributed by atoms with van der Waals surface area (Å²) in [6.45, 7) is -1.32. The molecule has 2 aliphatic rings. The van der Waals surface area contributed by atoms with Crippen molar-refractivity contribution >= 4 is 0 Å². The lowest BCUT2D eigenvalue weighted by Gasteiger charge is -2.31. The van der Waals surface area contributed by atoms with E-state index in [-0.39, 0.29) is 12.6 Å². The zero-order chi connectivity index (χ0) is 21.3. The molecular weight excluding hydrogens is 388 g/mol. The van der Waals surface area contributed by atoms with Crippen molar-refractivity contribution in [1.82, 2.24) is 0 Å². The van der Waals surface area contributed by atoms with Gasteiger partial charge in [-0.15, -0.1) is 0 Å². The molecular formula is C26H36F4. The number of hydrogen-bond acceptors (Lipinski definition) is 0. The van der Waals surface area contributed by atoms with E-state index in [1.807, 2.05) is 0 Å². The third kappa shape index (κ3) is 6.59. The van der Waals surface area contributed by atoms with E-state index in [1.54, 1.807) is 0 Å². The van der Waals surface area contributed by atoms with Crippen LogP contribution in [0.5, 0.6) is 0 Å². The Kier molecular flexibility index (Phi) is 9.27. The van der Waals surface area contributed by atoms with Crippen LogP contribution < -0.4 is 0 Å². The molecule has 0 radical (unpaired) electrons. The number of halogens is 4. The normalized spacial score (nSPS) is 27.6. The maximum atomic E-state index is 13.9. The first-order valence-electron chi connectivity index (χ1n) is 11.9. The average Bonchev–Trinajstić information content (AvgIpc) is 2.76. The Labute approximate surface area is 179 Å². The van der Waals surface area contributed by atoms with Crippen molar-refractivity contribution in [2.75, 3.05) is 6.67 Å². The Morgan fingerprint density at radius 3 is 1.90 bits per heavy atom. The van der Waals surface area contributed by atoms with E-state index >= 15 is 0 Å². The fourth-order valence-corrected chi connectivity index (χ4v) is 5.39. The fraction of sp³-hybridized carbons (Fsp3) is 0.692. The van der Waals surface area contributed by atoms with E-state index in [2.05, 4.69) is 12.2 Å². The molecule has 1 aromatic rings. The van der Waals surface area contributed by atoms with Crippen molar-refractivity contribution in [3.05, 3.63) is 47.0 Å². The van der Waals surface area contributed by atoms with Crippen LogP contribution >= 0.6 is 0 Å². The number of rotatable bonds is 9. The quantitative estimate of drug-likeness (QED) is 0.211. The molecule has 0 amide bonds. The minimum Gasteiger partial charge on any atom is -0.251 e. The summed E-state index contributed by atoms with van der Waals surface area (Å²) in [4.78, 5) is 0. The number of unbranched alkanes of at least 4 members (excludes halogenated alkanes) is 1. The molecule has 0 aromatic heterocycles. The molecule has 30 heavy (non-hydrogen) atoms. The molecule has 0 aliphatic heterocycles. The lowest BCUT2D eigenvalue weighted by Crippen LogP contribution is -2.17. The van der Waals surface area contributed by atoms with E-state index in [1.165, 1.54) is 50.7 Å². The first-order chi connectivity index (χ1) is 14.6.